The molecule has 8 heteroatoms. The third kappa shape index (κ3) is 6.78. The molecule has 0 aliphatic carbocycles. The van der Waals surface area contributed by atoms with Crippen LogP contribution in [0, 0.1) is 0 Å². The summed E-state index contributed by atoms with van der Waals surface area (Å²) in [6.45, 7) is -1.28. The quantitative estimate of drug-likeness (QED) is 0.644. The summed E-state index contributed by atoms with van der Waals surface area (Å²) in [6, 6.07) is 5.21. The lowest BCUT2D eigenvalue weighted by molar-refractivity contribution is -0.153. The van der Waals surface area contributed by atoms with Crippen LogP contribution in [-0.2, 0) is 9.53 Å². The van der Waals surface area contributed by atoms with E-state index in [0.29, 0.717) is 0 Å². The van der Waals surface area contributed by atoms with Gasteiger partial charge in [-0.25, -0.2) is 4.79 Å². The first kappa shape index (κ1) is 17.5. The monoisotopic (exact) mass is 317 g/mol. The molecule has 1 N–H and O–H groups in total. The number of amides is 1. The molecule has 0 saturated heterocycles. The van der Waals surface area contributed by atoms with Crippen LogP contribution in [0.4, 0.5) is 13.2 Å². The zero-order valence-electron chi connectivity index (χ0n) is 11.6. The van der Waals surface area contributed by atoms with Gasteiger partial charge in [-0.1, -0.05) is 6.08 Å². The molecule has 0 unspecified atom stereocenters. The molecule has 1 amide bonds. The second-order valence-corrected chi connectivity index (χ2v) is 4.06. The van der Waals surface area contributed by atoms with E-state index >= 15 is 0 Å². The van der Waals surface area contributed by atoms with Gasteiger partial charge in [0.05, 0.1) is 7.11 Å². The summed E-state index contributed by atoms with van der Waals surface area (Å²) in [5, 5.41) is 2.50. The molecule has 120 valence electrons. The summed E-state index contributed by atoms with van der Waals surface area (Å²) in [7, 11) is 1.23. The van der Waals surface area contributed by atoms with Gasteiger partial charge < -0.3 is 14.8 Å². The number of esters is 1. The molecule has 0 aliphatic rings. The van der Waals surface area contributed by atoms with Crippen LogP contribution in [0.15, 0.2) is 36.4 Å². The van der Waals surface area contributed by atoms with E-state index in [1.54, 1.807) is 0 Å². The Bertz CT molecular complexity index is 538. The maximum Gasteiger partial charge on any atom is 0.422 e. The lowest BCUT2D eigenvalue weighted by Crippen LogP contribution is -2.23. The predicted octanol–water partition coefficient (Wildman–Crippen LogP) is 2.09. The Labute approximate surface area is 124 Å². The highest BCUT2D eigenvalue weighted by Crippen LogP contribution is 2.18. The van der Waals surface area contributed by atoms with E-state index in [2.05, 4.69) is 14.8 Å². The van der Waals surface area contributed by atoms with Crippen LogP contribution in [0.5, 0.6) is 5.75 Å². The number of carbonyl (C=O) groups excluding carboxylic acids is 2. The third-order valence-electron chi connectivity index (χ3n) is 2.35. The van der Waals surface area contributed by atoms with Crippen LogP contribution in [0.1, 0.15) is 10.4 Å². The average molecular weight is 317 g/mol. The molecule has 0 saturated carbocycles. The number of hydrogen-bond acceptors (Lipinski definition) is 4. The number of alkyl halides is 3. The van der Waals surface area contributed by atoms with Crippen LogP contribution in [0.3, 0.4) is 0 Å². The average Bonchev–Trinajstić information content (AvgIpc) is 2.48. The Morgan fingerprint density at radius 2 is 1.86 bits per heavy atom. The minimum Gasteiger partial charge on any atom is -0.484 e. The van der Waals surface area contributed by atoms with E-state index in [4.69, 9.17) is 0 Å². The fraction of sp³-hybridized carbons (Fsp3) is 0.286. The van der Waals surface area contributed by atoms with Gasteiger partial charge in [0.25, 0.3) is 5.91 Å². The number of carbonyl (C=O) groups is 2. The molecule has 1 aromatic carbocycles. The van der Waals surface area contributed by atoms with E-state index in [1.807, 2.05) is 0 Å². The lowest BCUT2D eigenvalue weighted by Gasteiger charge is -2.09. The Kier molecular flexibility index (Phi) is 6.43. The topological polar surface area (TPSA) is 64.6 Å². The Hall–Kier alpha value is -2.51. The van der Waals surface area contributed by atoms with E-state index in [0.717, 1.165) is 6.08 Å². The maximum absolute atomic E-state index is 12.0. The van der Waals surface area contributed by atoms with E-state index in [9.17, 15) is 22.8 Å². The zero-order chi connectivity index (χ0) is 16.6. The van der Waals surface area contributed by atoms with Gasteiger partial charge in [0.2, 0.25) is 0 Å². The number of rotatable bonds is 6. The van der Waals surface area contributed by atoms with E-state index in [-0.39, 0.29) is 17.9 Å². The van der Waals surface area contributed by atoms with Crippen molar-refractivity contribution in [1.29, 1.82) is 0 Å². The highest BCUT2D eigenvalue weighted by Gasteiger charge is 2.28. The van der Waals surface area contributed by atoms with Crippen molar-refractivity contribution >= 4 is 11.9 Å². The molecule has 0 fully saturated rings. The maximum atomic E-state index is 12.0. The van der Waals surface area contributed by atoms with Crippen molar-refractivity contribution in [1.82, 2.24) is 5.32 Å². The molecular formula is C14H14F3NO4. The Balaban J connectivity index is 2.47. The van der Waals surface area contributed by atoms with E-state index < -0.39 is 24.7 Å². The number of ether oxygens (including phenoxy) is 2. The summed E-state index contributed by atoms with van der Waals surface area (Å²) in [5.74, 6) is -0.961. The molecule has 1 aromatic rings. The van der Waals surface area contributed by atoms with Crippen LogP contribution >= 0.6 is 0 Å². The van der Waals surface area contributed by atoms with E-state index in [1.165, 1.54) is 37.5 Å². The Morgan fingerprint density at radius 3 is 2.41 bits per heavy atom. The molecule has 1 rings (SSSR count). The summed E-state index contributed by atoms with van der Waals surface area (Å²) < 4.78 is 44.8. The highest BCUT2D eigenvalue weighted by atomic mass is 19.4. The summed E-state index contributed by atoms with van der Waals surface area (Å²) in [5.41, 5.74) is 0.255. The number of halogens is 3. The van der Waals surface area contributed by atoms with Crippen LogP contribution < -0.4 is 10.1 Å². The second kappa shape index (κ2) is 8.06. The van der Waals surface area contributed by atoms with Crippen molar-refractivity contribution in [2.45, 2.75) is 6.18 Å². The molecule has 0 aliphatic heterocycles. The fourth-order valence-electron chi connectivity index (χ4n) is 1.34. The van der Waals surface area contributed by atoms with Crippen LogP contribution in [0.2, 0.25) is 0 Å². The van der Waals surface area contributed by atoms with Crippen LogP contribution in [-0.4, -0.2) is 38.3 Å². The minimum atomic E-state index is -4.41. The molecule has 0 radical (unpaired) electrons. The second-order valence-electron chi connectivity index (χ2n) is 4.06. The fourth-order valence-corrected chi connectivity index (χ4v) is 1.34. The van der Waals surface area contributed by atoms with Crippen molar-refractivity contribution in [2.24, 2.45) is 0 Å². The molecule has 0 bridgehead atoms. The van der Waals surface area contributed by atoms with Crippen molar-refractivity contribution in [3.8, 4) is 5.75 Å². The summed E-state index contributed by atoms with van der Waals surface area (Å²) >= 11 is 0. The number of benzene rings is 1. The minimum absolute atomic E-state index is 0.0134. The van der Waals surface area contributed by atoms with Gasteiger partial charge in [-0.05, 0) is 24.3 Å². The van der Waals surface area contributed by atoms with Gasteiger partial charge in [-0.3, -0.25) is 4.79 Å². The zero-order valence-corrected chi connectivity index (χ0v) is 11.6. The molecule has 5 nitrogen and oxygen atoms in total. The lowest BCUT2D eigenvalue weighted by atomic mass is 10.2. The summed E-state index contributed by atoms with van der Waals surface area (Å²) in [4.78, 5) is 22.5. The first-order valence-electron chi connectivity index (χ1n) is 6.14. The van der Waals surface area contributed by atoms with Crippen molar-refractivity contribution in [3.05, 3.63) is 42.0 Å². The molecular weight excluding hydrogens is 303 g/mol. The predicted molar refractivity (Wildman–Crippen MR) is 71.5 cm³/mol. The van der Waals surface area contributed by atoms with Crippen LogP contribution in [0.25, 0.3) is 0 Å². The largest absolute Gasteiger partial charge is 0.484 e. The van der Waals surface area contributed by atoms with Crippen molar-refractivity contribution < 1.29 is 32.2 Å². The molecule has 0 heterocycles. The number of hydrogen-bond donors (Lipinski definition) is 1. The molecule has 0 atom stereocenters. The van der Waals surface area contributed by atoms with Gasteiger partial charge in [0, 0.05) is 18.2 Å². The van der Waals surface area contributed by atoms with Gasteiger partial charge in [-0.2, -0.15) is 13.2 Å². The van der Waals surface area contributed by atoms with Crippen molar-refractivity contribution in [3.63, 3.8) is 0 Å². The molecule has 22 heavy (non-hydrogen) atoms. The van der Waals surface area contributed by atoms with Gasteiger partial charge in [0.1, 0.15) is 5.75 Å². The first-order chi connectivity index (χ1) is 10.3. The number of nitrogens with one attached hydrogen (secondary N) is 1. The SMILES string of the molecule is COC(=O)/C=C/CNC(=O)c1ccc(OCC(F)(F)F)cc1. The molecule has 0 spiro atoms. The first-order valence-corrected chi connectivity index (χ1v) is 6.14. The smallest absolute Gasteiger partial charge is 0.422 e. The van der Waals surface area contributed by atoms with Crippen molar-refractivity contribution in [2.75, 3.05) is 20.3 Å². The summed E-state index contributed by atoms with van der Waals surface area (Å²) in [6.07, 6.45) is -1.85. The van der Waals surface area contributed by atoms with Gasteiger partial charge >= 0.3 is 12.1 Å². The molecule has 0 aromatic heterocycles. The third-order valence-corrected chi connectivity index (χ3v) is 2.35. The Morgan fingerprint density at radius 1 is 1.23 bits per heavy atom. The number of methoxy groups -OCH3 is 1. The van der Waals surface area contributed by atoms with Gasteiger partial charge in [0.15, 0.2) is 6.61 Å². The van der Waals surface area contributed by atoms with Gasteiger partial charge in [-0.15, -0.1) is 0 Å². The highest BCUT2D eigenvalue weighted by molar-refractivity contribution is 5.94. The standard InChI is InChI=1S/C14H14F3NO4/c1-21-12(19)3-2-8-18-13(20)10-4-6-11(7-5-10)22-9-14(15,16)17/h2-7H,8-9H2,1H3,(H,18,20)/b3-2+. The normalized spacial score (nSPS) is 11.3.